The predicted molar refractivity (Wildman–Crippen MR) is 79.8 cm³/mol. The molecule has 21 heavy (non-hydrogen) atoms. The minimum atomic E-state index is -1.03. The fourth-order valence-corrected chi connectivity index (χ4v) is 1.87. The quantitative estimate of drug-likeness (QED) is 0.874. The lowest BCUT2D eigenvalue weighted by Crippen LogP contribution is -2.51. The number of rotatable bonds is 6. The third kappa shape index (κ3) is 5.55. The van der Waals surface area contributed by atoms with Crippen LogP contribution in [-0.2, 0) is 20.9 Å². The van der Waals surface area contributed by atoms with Crippen LogP contribution in [0.5, 0.6) is 0 Å². The van der Waals surface area contributed by atoms with Crippen LogP contribution in [0.25, 0.3) is 0 Å². The zero-order valence-corrected chi connectivity index (χ0v) is 13.0. The van der Waals surface area contributed by atoms with Crippen LogP contribution in [0.15, 0.2) is 30.3 Å². The van der Waals surface area contributed by atoms with E-state index in [1.807, 2.05) is 30.3 Å². The Morgan fingerprint density at radius 2 is 1.81 bits per heavy atom. The number of carbonyl (C=O) groups is 2. The Labute approximate surface area is 125 Å². The first-order valence-electron chi connectivity index (χ1n) is 6.90. The SMILES string of the molecule is CC(OCc1ccccc1)C(=O)N(CC(=O)O)C(C)(C)C. The third-order valence-corrected chi connectivity index (χ3v) is 3.06. The van der Waals surface area contributed by atoms with Crippen molar-refractivity contribution in [2.75, 3.05) is 6.54 Å². The van der Waals surface area contributed by atoms with Gasteiger partial charge in [0.05, 0.1) is 6.61 Å². The van der Waals surface area contributed by atoms with Gasteiger partial charge in [0, 0.05) is 5.54 Å². The summed E-state index contributed by atoms with van der Waals surface area (Å²) in [5.74, 6) is -1.35. The molecule has 1 aromatic carbocycles. The summed E-state index contributed by atoms with van der Waals surface area (Å²) in [7, 11) is 0. The van der Waals surface area contributed by atoms with Crippen molar-refractivity contribution in [3.05, 3.63) is 35.9 Å². The van der Waals surface area contributed by atoms with Gasteiger partial charge in [-0.05, 0) is 33.3 Å². The summed E-state index contributed by atoms with van der Waals surface area (Å²) in [5, 5.41) is 8.95. The first-order valence-corrected chi connectivity index (χ1v) is 6.90. The fourth-order valence-electron chi connectivity index (χ4n) is 1.87. The summed E-state index contributed by atoms with van der Waals surface area (Å²) in [6.45, 7) is 7.04. The molecular formula is C16H23NO4. The van der Waals surface area contributed by atoms with Crippen molar-refractivity contribution in [3.8, 4) is 0 Å². The second-order valence-electron chi connectivity index (χ2n) is 5.93. The molecule has 0 aliphatic heterocycles. The molecule has 0 saturated carbocycles. The molecule has 0 saturated heterocycles. The third-order valence-electron chi connectivity index (χ3n) is 3.06. The molecule has 1 amide bonds. The van der Waals surface area contributed by atoms with Crippen LogP contribution in [0.1, 0.15) is 33.3 Å². The number of hydrogen-bond acceptors (Lipinski definition) is 3. The van der Waals surface area contributed by atoms with Crippen molar-refractivity contribution in [3.63, 3.8) is 0 Å². The Morgan fingerprint density at radius 3 is 2.29 bits per heavy atom. The maximum atomic E-state index is 12.4. The van der Waals surface area contributed by atoms with E-state index in [1.165, 1.54) is 4.90 Å². The van der Waals surface area contributed by atoms with E-state index in [-0.39, 0.29) is 12.5 Å². The molecular weight excluding hydrogens is 270 g/mol. The molecule has 0 heterocycles. The molecule has 5 nitrogen and oxygen atoms in total. The Balaban J connectivity index is 2.68. The van der Waals surface area contributed by atoms with Gasteiger partial charge in [-0.15, -0.1) is 0 Å². The number of aliphatic carboxylic acids is 1. The van der Waals surface area contributed by atoms with E-state index >= 15 is 0 Å². The molecule has 116 valence electrons. The molecule has 1 unspecified atom stereocenters. The number of amides is 1. The summed E-state index contributed by atoms with van der Waals surface area (Å²) in [5.41, 5.74) is 0.400. The Morgan fingerprint density at radius 1 is 1.24 bits per heavy atom. The number of carboxylic acids is 1. The van der Waals surface area contributed by atoms with Gasteiger partial charge in [0.25, 0.3) is 5.91 Å². The van der Waals surface area contributed by atoms with Crippen molar-refractivity contribution >= 4 is 11.9 Å². The number of nitrogens with zero attached hydrogens (tertiary/aromatic N) is 1. The van der Waals surface area contributed by atoms with Gasteiger partial charge in [-0.3, -0.25) is 9.59 Å². The average Bonchev–Trinajstić information content (AvgIpc) is 2.41. The summed E-state index contributed by atoms with van der Waals surface area (Å²) < 4.78 is 5.56. The van der Waals surface area contributed by atoms with Crippen LogP contribution in [0, 0.1) is 0 Å². The van der Waals surface area contributed by atoms with E-state index < -0.39 is 17.6 Å². The van der Waals surface area contributed by atoms with E-state index in [2.05, 4.69) is 0 Å². The van der Waals surface area contributed by atoms with E-state index in [9.17, 15) is 9.59 Å². The molecule has 0 aliphatic rings. The lowest BCUT2D eigenvalue weighted by Gasteiger charge is -2.36. The largest absolute Gasteiger partial charge is 0.480 e. The zero-order valence-electron chi connectivity index (χ0n) is 13.0. The number of ether oxygens (including phenoxy) is 1. The molecule has 0 fully saturated rings. The molecule has 1 rings (SSSR count). The second-order valence-corrected chi connectivity index (χ2v) is 5.93. The van der Waals surface area contributed by atoms with Crippen LogP contribution < -0.4 is 0 Å². The van der Waals surface area contributed by atoms with E-state index in [0.29, 0.717) is 6.61 Å². The molecule has 0 radical (unpaired) electrons. The molecule has 0 aromatic heterocycles. The highest BCUT2D eigenvalue weighted by Crippen LogP contribution is 2.16. The number of carbonyl (C=O) groups excluding carboxylic acids is 1. The van der Waals surface area contributed by atoms with Crippen LogP contribution >= 0.6 is 0 Å². The zero-order chi connectivity index (χ0) is 16.0. The normalized spacial score (nSPS) is 12.8. The van der Waals surface area contributed by atoms with Crippen molar-refractivity contribution < 1.29 is 19.4 Å². The van der Waals surface area contributed by atoms with Crippen molar-refractivity contribution in [2.24, 2.45) is 0 Å². The van der Waals surface area contributed by atoms with Crippen molar-refractivity contribution in [2.45, 2.75) is 45.9 Å². The van der Waals surface area contributed by atoms with Crippen LogP contribution in [-0.4, -0.2) is 40.1 Å². The molecule has 1 aromatic rings. The summed E-state index contributed by atoms with van der Waals surface area (Å²) in [4.78, 5) is 24.6. The van der Waals surface area contributed by atoms with E-state index in [4.69, 9.17) is 9.84 Å². The minimum Gasteiger partial charge on any atom is -0.480 e. The smallest absolute Gasteiger partial charge is 0.323 e. The monoisotopic (exact) mass is 293 g/mol. The standard InChI is InChI=1S/C16H23NO4/c1-12(21-11-13-8-6-5-7-9-13)15(20)17(10-14(18)19)16(2,3)4/h5-9,12H,10-11H2,1-4H3,(H,18,19). The highest BCUT2D eigenvalue weighted by molar-refractivity contribution is 5.85. The lowest BCUT2D eigenvalue weighted by atomic mass is 10.0. The Bertz CT molecular complexity index is 479. The van der Waals surface area contributed by atoms with Crippen molar-refractivity contribution in [1.82, 2.24) is 4.90 Å². The minimum absolute atomic E-state index is 0.318. The highest BCUT2D eigenvalue weighted by Gasteiger charge is 2.31. The highest BCUT2D eigenvalue weighted by atomic mass is 16.5. The summed E-state index contributed by atoms with van der Waals surface area (Å²) >= 11 is 0. The van der Waals surface area contributed by atoms with Gasteiger partial charge in [0.2, 0.25) is 0 Å². The second kappa shape index (κ2) is 7.22. The predicted octanol–water partition coefficient (Wildman–Crippen LogP) is 2.30. The van der Waals surface area contributed by atoms with Crippen LogP contribution in [0.2, 0.25) is 0 Å². The first-order chi connectivity index (χ1) is 9.71. The summed E-state index contributed by atoms with van der Waals surface area (Å²) in [6, 6.07) is 9.53. The number of benzene rings is 1. The summed E-state index contributed by atoms with van der Waals surface area (Å²) in [6.07, 6.45) is -0.691. The van der Waals surface area contributed by atoms with Gasteiger partial charge in [-0.1, -0.05) is 30.3 Å². The van der Waals surface area contributed by atoms with Gasteiger partial charge in [0.15, 0.2) is 0 Å². The van der Waals surface area contributed by atoms with Gasteiger partial charge in [-0.25, -0.2) is 0 Å². The molecule has 1 atom stereocenters. The molecule has 5 heteroatoms. The van der Waals surface area contributed by atoms with E-state index in [1.54, 1.807) is 27.7 Å². The first kappa shape index (κ1) is 17.2. The maximum Gasteiger partial charge on any atom is 0.323 e. The maximum absolute atomic E-state index is 12.4. The van der Waals surface area contributed by atoms with Gasteiger partial charge >= 0.3 is 5.97 Å². The molecule has 0 spiro atoms. The Hall–Kier alpha value is -1.88. The van der Waals surface area contributed by atoms with Crippen LogP contribution in [0.4, 0.5) is 0 Å². The number of hydrogen-bond donors (Lipinski definition) is 1. The lowest BCUT2D eigenvalue weighted by molar-refractivity contribution is -0.155. The molecule has 1 N–H and O–H groups in total. The molecule has 0 aliphatic carbocycles. The van der Waals surface area contributed by atoms with Crippen molar-refractivity contribution in [1.29, 1.82) is 0 Å². The fraction of sp³-hybridized carbons (Fsp3) is 0.500. The van der Waals surface area contributed by atoms with Crippen LogP contribution in [0.3, 0.4) is 0 Å². The van der Waals surface area contributed by atoms with Gasteiger partial charge in [-0.2, -0.15) is 0 Å². The number of carboxylic acid groups (broad SMARTS) is 1. The Kier molecular flexibility index (Phi) is 5.90. The van der Waals surface area contributed by atoms with Gasteiger partial charge < -0.3 is 14.7 Å². The average molecular weight is 293 g/mol. The topological polar surface area (TPSA) is 66.8 Å². The molecule has 0 bridgehead atoms. The van der Waals surface area contributed by atoms with Gasteiger partial charge in [0.1, 0.15) is 12.6 Å². The van der Waals surface area contributed by atoms with E-state index in [0.717, 1.165) is 5.56 Å².